The van der Waals surface area contributed by atoms with Crippen LogP contribution in [0.3, 0.4) is 0 Å². The van der Waals surface area contributed by atoms with Crippen LogP contribution in [0, 0.1) is 16.7 Å². The third-order valence-corrected chi connectivity index (χ3v) is 8.06. The first-order valence-electron chi connectivity index (χ1n) is 12.6. The second kappa shape index (κ2) is 12.7. The zero-order valence-electron chi connectivity index (χ0n) is 22.2. The summed E-state index contributed by atoms with van der Waals surface area (Å²) in [5.74, 6) is -3.33. The van der Waals surface area contributed by atoms with Gasteiger partial charge in [0.2, 0.25) is 0 Å². The van der Waals surface area contributed by atoms with E-state index in [9.17, 15) is 41.2 Å². The Morgan fingerprint density at radius 2 is 1.61 bits per heavy atom. The van der Waals surface area contributed by atoms with Gasteiger partial charge in [-0.15, -0.1) is 0 Å². The van der Waals surface area contributed by atoms with Crippen LogP contribution in [0.1, 0.15) is 43.2 Å². The van der Waals surface area contributed by atoms with Crippen LogP contribution in [0.4, 0.5) is 26.3 Å². The Labute approximate surface area is 237 Å². The largest absolute Gasteiger partial charge is 0.466 e. The Hall–Kier alpha value is -3.24. The van der Waals surface area contributed by atoms with Crippen molar-refractivity contribution in [2.24, 2.45) is 5.41 Å². The minimum atomic E-state index is -5.14. The summed E-state index contributed by atoms with van der Waals surface area (Å²) in [4.78, 5) is 26.9. The lowest BCUT2D eigenvalue weighted by molar-refractivity contribution is -0.271. The Kier molecular flexibility index (Phi) is 10.0. The molecule has 0 bridgehead atoms. The number of rotatable bonds is 9. The number of methoxy groups -OCH3 is 1. The Bertz CT molecular complexity index is 1260. The lowest BCUT2D eigenvalue weighted by Gasteiger charge is -2.46. The van der Waals surface area contributed by atoms with E-state index >= 15 is 0 Å². The molecule has 1 amide bonds. The first-order valence-corrected chi connectivity index (χ1v) is 13.4. The van der Waals surface area contributed by atoms with E-state index in [4.69, 9.17) is 9.47 Å². The molecule has 1 heterocycles. The minimum absolute atomic E-state index is 0.0102. The van der Waals surface area contributed by atoms with Gasteiger partial charge in [-0.1, -0.05) is 48.5 Å². The monoisotopic (exact) mass is 602 g/mol. The number of benzene rings is 2. The zero-order chi connectivity index (χ0) is 30.5. The summed E-state index contributed by atoms with van der Waals surface area (Å²) in [6.07, 6.45) is -5.80. The molecule has 1 fully saturated rings. The highest BCUT2D eigenvalue weighted by atomic mass is 32.2. The number of amides is 1. The number of esters is 1. The van der Waals surface area contributed by atoms with E-state index in [1.807, 2.05) is 6.07 Å². The summed E-state index contributed by atoms with van der Waals surface area (Å²) in [5, 5.41) is 10.2. The maximum Gasteiger partial charge on any atom is 0.446 e. The smallest absolute Gasteiger partial charge is 0.446 e. The van der Waals surface area contributed by atoms with Gasteiger partial charge in [0.05, 0.1) is 25.0 Å². The lowest BCUT2D eigenvalue weighted by atomic mass is 9.64. The number of nitrogens with zero attached hydrogens (tertiary/aromatic N) is 2. The van der Waals surface area contributed by atoms with Crippen LogP contribution in [-0.2, 0) is 24.7 Å². The molecule has 3 rings (SSSR count). The normalized spacial score (nSPS) is 17.7. The summed E-state index contributed by atoms with van der Waals surface area (Å²) < 4.78 is 93.4. The number of carbonyl (C=O) groups is 2. The molecule has 2 aromatic rings. The number of nitriles is 1. The maximum atomic E-state index is 14.5. The fourth-order valence-electron chi connectivity index (χ4n) is 5.32. The molecule has 0 spiro atoms. The molecule has 2 aromatic carbocycles. The quantitative estimate of drug-likeness (QED) is 0.184. The number of alkyl halides is 6. The van der Waals surface area contributed by atoms with E-state index in [-0.39, 0.29) is 49.4 Å². The van der Waals surface area contributed by atoms with Gasteiger partial charge in [0.15, 0.2) is 0 Å². The van der Waals surface area contributed by atoms with Crippen molar-refractivity contribution in [1.29, 1.82) is 5.26 Å². The van der Waals surface area contributed by atoms with Crippen LogP contribution in [0.2, 0.25) is 0 Å². The third kappa shape index (κ3) is 6.81. The highest BCUT2D eigenvalue weighted by Crippen LogP contribution is 2.52. The predicted octanol–water partition coefficient (Wildman–Crippen LogP) is 6.57. The minimum Gasteiger partial charge on any atom is -0.466 e. The topological polar surface area (TPSA) is 79.6 Å². The molecule has 1 saturated heterocycles. The van der Waals surface area contributed by atoms with Gasteiger partial charge in [-0.3, -0.25) is 9.59 Å². The van der Waals surface area contributed by atoms with Gasteiger partial charge in [0.1, 0.15) is 0 Å². The second-order valence-corrected chi connectivity index (χ2v) is 10.6. The average molecular weight is 603 g/mol. The number of halogens is 6. The van der Waals surface area contributed by atoms with Gasteiger partial charge in [0.25, 0.3) is 11.5 Å². The summed E-state index contributed by atoms with van der Waals surface area (Å²) in [7, 11) is 0.786. The highest BCUT2D eigenvalue weighted by Gasteiger charge is 2.64. The molecule has 13 heteroatoms. The molecule has 0 radical (unpaired) electrons. The van der Waals surface area contributed by atoms with Crippen LogP contribution in [0.25, 0.3) is 0 Å². The predicted molar refractivity (Wildman–Crippen MR) is 137 cm³/mol. The lowest BCUT2D eigenvalue weighted by Crippen LogP contribution is -2.59. The molecule has 0 aliphatic carbocycles. The van der Waals surface area contributed by atoms with Gasteiger partial charge >= 0.3 is 17.7 Å². The van der Waals surface area contributed by atoms with Crippen molar-refractivity contribution in [3.63, 3.8) is 0 Å². The van der Waals surface area contributed by atoms with Crippen LogP contribution in [0.15, 0.2) is 59.5 Å². The van der Waals surface area contributed by atoms with Crippen LogP contribution >= 0.6 is 11.8 Å². The molecular weight excluding hydrogens is 574 g/mol. The van der Waals surface area contributed by atoms with Crippen molar-refractivity contribution >= 4 is 23.6 Å². The van der Waals surface area contributed by atoms with Crippen molar-refractivity contribution in [3.8, 4) is 6.07 Å². The van der Waals surface area contributed by atoms with Crippen LogP contribution in [-0.4, -0.2) is 55.3 Å². The molecule has 2 atom stereocenters. The molecule has 0 N–H and O–H groups in total. The highest BCUT2D eigenvalue weighted by molar-refractivity contribution is 8.00. The van der Waals surface area contributed by atoms with Crippen molar-refractivity contribution < 1.29 is 45.4 Å². The molecule has 41 heavy (non-hydrogen) atoms. The van der Waals surface area contributed by atoms with Gasteiger partial charge < -0.3 is 14.4 Å². The van der Waals surface area contributed by atoms with E-state index in [0.29, 0.717) is 0 Å². The molecule has 1 unspecified atom stereocenters. The fourth-order valence-corrected chi connectivity index (χ4v) is 6.02. The van der Waals surface area contributed by atoms with Crippen LogP contribution in [0.5, 0.6) is 0 Å². The van der Waals surface area contributed by atoms with Gasteiger partial charge in [-0.2, -0.15) is 31.6 Å². The first kappa shape index (κ1) is 32.3. The van der Waals surface area contributed by atoms with Crippen molar-refractivity contribution in [3.05, 3.63) is 65.7 Å². The zero-order valence-corrected chi connectivity index (χ0v) is 23.0. The van der Waals surface area contributed by atoms with E-state index in [0.717, 1.165) is 24.1 Å². The molecule has 1 aliphatic rings. The standard InChI is InChI=1S/C28H28F6N2O4S/c1-3-40-23(37)17-25(21(18-35)20-11-7-8-12-22(20)41-28(32,33)34)13-15-36(16-14-25)24(38)26(39-2,27(29,30)31)19-9-5-4-6-10-19/h4-12,21H,3,13-17H2,1-2H3/t21?,26-/m1/s1. The number of ether oxygens (including phenoxy) is 2. The molecule has 0 saturated carbocycles. The molecule has 222 valence electrons. The molecular formula is C28H28F6N2O4S. The summed E-state index contributed by atoms with van der Waals surface area (Å²) in [5.41, 5.74) is -9.66. The van der Waals surface area contributed by atoms with E-state index < -0.39 is 57.8 Å². The first-order chi connectivity index (χ1) is 19.2. The summed E-state index contributed by atoms with van der Waals surface area (Å²) >= 11 is -0.398. The van der Waals surface area contributed by atoms with Crippen LogP contribution < -0.4 is 0 Å². The van der Waals surface area contributed by atoms with Crippen molar-refractivity contribution in [2.75, 3.05) is 26.8 Å². The van der Waals surface area contributed by atoms with Gasteiger partial charge in [-0.25, -0.2) is 0 Å². The van der Waals surface area contributed by atoms with E-state index in [1.165, 1.54) is 42.5 Å². The summed E-state index contributed by atoms with van der Waals surface area (Å²) in [6.45, 7) is 0.961. The van der Waals surface area contributed by atoms with E-state index in [2.05, 4.69) is 0 Å². The second-order valence-electron chi connectivity index (χ2n) is 9.53. The average Bonchev–Trinajstić information content (AvgIpc) is 2.90. The SMILES string of the molecule is CCOC(=O)CC1(C(C#N)c2ccccc2SC(F)(F)F)CCN(C(=O)[C@](OC)(c2ccccc2)C(F)(F)F)CC1. The molecule has 6 nitrogen and oxygen atoms in total. The van der Waals surface area contributed by atoms with Gasteiger partial charge in [-0.05, 0) is 43.2 Å². The number of thioether (sulfide) groups is 1. The molecule has 1 aliphatic heterocycles. The Morgan fingerprint density at radius 3 is 2.12 bits per heavy atom. The Balaban J connectivity index is 2.02. The van der Waals surface area contributed by atoms with Crippen molar-refractivity contribution in [2.45, 2.75) is 54.3 Å². The van der Waals surface area contributed by atoms with Gasteiger partial charge in [0, 0.05) is 36.1 Å². The fraction of sp³-hybridized carbons (Fsp3) is 0.464. The van der Waals surface area contributed by atoms with E-state index in [1.54, 1.807) is 6.92 Å². The number of hydrogen-bond acceptors (Lipinski definition) is 6. The number of carbonyl (C=O) groups excluding carboxylic acids is 2. The molecule has 0 aromatic heterocycles. The number of piperidine rings is 1. The summed E-state index contributed by atoms with van der Waals surface area (Å²) in [6, 6.07) is 13.9. The Morgan fingerprint density at radius 1 is 1.02 bits per heavy atom. The third-order valence-electron chi connectivity index (χ3n) is 7.23. The number of hydrogen-bond donors (Lipinski definition) is 0. The maximum absolute atomic E-state index is 14.5. The van der Waals surface area contributed by atoms with Crippen molar-refractivity contribution in [1.82, 2.24) is 4.90 Å². The number of likely N-dealkylation sites (tertiary alicyclic amines) is 1.